The number of ether oxygens (including phenoxy) is 3. The second-order valence-electron chi connectivity index (χ2n) is 8.79. The molecule has 2 fully saturated rings. The molecule has 190 valence electrons. The number of urea groups is 1. The number of carbonyl (C=O) groups is 1. The fourth-order valence-electron chi connectivity index (χ4n) is 4.27. The van der Waals surface area contributed by atoms with E-state index in [1.165, 1.54) is 18.5 Å². The quantitative estimate of drug-likeness (QED) is 0.473. The lowest BCUT2D eigenvalue weighted by Crippen LogP contribution is -2.48. The van der Waals surface area contributed by atoms with E-state index < -0.39 is 5.82 Å². The predicted octanol–water partition coefficient (Wildman–Crippen LogP) is 4.47. The van der Waals surface area contributed by atoms with Crippen LogP contribution in [0.25, 0.3) is 10.9 Å². The van der Waals surface area contributed by atoms with E-state index in [0.29, 0.717) is 66.8 Å². The Kier molecular flexibility index (Phi) is 7.24. The molecule has 1 aromatic heterocycles. The number of hydrogen-bond donors (Lipinski definition) is 1. The van der Waals surface area contributed by atoms with E-state index in [2.05, 4.69) is 15.3 Å². The molecule has 1 atom stereocenters. The Labute approximate surface area is 213 Å². The lowest BCUT2D eigenvalue weighted by molar-refractivity contribution is 0.126. The fraction of sp³-hybridized carbons (Fsp3) is 0.400. The minimum atomic E-state index is -0.496. The van der Waals surface area contributed by atoms with Gasteiger partial charge in [0, 0.05) is 43.7 Å². The SMILES string of the molecule is CN1CCCN(CCOc2cc3ncnc(Nc4ccc(F)c(Cl)c4)c3cc2OC2CCOC2)C1=O. The second kappa shape index (κ2) is 10.7. The maximum atomic E-state index is 13.6. The number of benzene rings is 2. The van der Waals surface area contributed by atoms with E-state index in [-0.39, 0.29) is 17.2 Å². The molecule has 3 heterocycles. The van der Waals surface area contributed by atoms with Gasteiger partial charge in [0.2, 0.25) is 0 Å². The molecule has 2 saturated heterocycles. The molecule has 0 saturated carbocycles. The Hall–Kier alpha value is -3.37. The summed E-state index contributed by atoms with van der Waals surface area (Å²) in [5.41, 5.74) is 1.23. The molecular weight excluding hydrogens is 489 g/mol. The zero-order valence-corrected chi connectivity index (χ0v) is 20.6. The van der Waals surface area contributed by atoms with Gasteiger partial charge in [-0.3, -0.25) is 0 Å². The summed E-state index contributed by atoms with van der Waals surface area (Å²) in [6, 6.07) is 8.01. The van der Waals surface area contributed by atoms with Gasteiger partial charge in [0.25, 0.3) is 0 Å². The van der Waals surface area contributed by atoms with E-state index in [9.17, 15) is 9.18 Å². The van der Waals surface area contributed by atoms with Gasteiger partial charge in [0.15, 0.2) is 11.5 Å². The summed E-state index contributed by atoms with van der Waals surface area (Å²) in [5, 5.41) is 3.89. The Morgan fingerprint density at radius 2 is 2.11 bits per heavy atom. The van der Waals surface area contributed by atoms with E-state index in [1.54, 1.807) is 29.0 Å². The average Bonchev–Trinajstić information content (AvgIpc) is 3.38. The lowest BCUT2D eigenvalue weighted by Gasteiger charge is -2.33. The molecule has 1 unspecified atom stereocenters. The second-order valence-corrected chi connectivity index (χ2v) is 9.20. The van der Waals surface area contributed by atoms with Gasteiger partial charge in [-0.05, 0) is 30.7 Å². The Balaban J connectivity index is 1.40. The lowest BCUT2D eigenvalue weighted by atomic mass is 10.2. The summed E-state index contributed by atoms with van der Waals surface area (Å²) in [6.07, 6.45) is 3.04. The van der Waals surface area contributed by atoms with Crippen LogP contribution in [0.15, 0.2) is 36.7 Å². The third-order valence-electron chi connectivity index (χ3n) is 6.20. The molecule has 9 nitrogen and oxygen atoms in total. The number of fused-ring (bicyclic) bond motifs is 1. The van der Waals surface area contributed by atoms with Crippen molar-refractivity contribution in [2.75, 3.05) is 51.8 Å². The highest BCUT2D eigenvalue weighted by molar-refractivity contribution is 6.31. The Morgan fingerprint density at radius 1 is 1.22 bits per heavy atom. The van der Waals surface area contributed by atoms with Gasteiger partial charge in [-0.15, -0.1) is 0 Å². The van der Waals surface area contributed by atoms with Gasteiger partial charge < -0.3 is 29.3 Å². The molecule has 0 spiro atoms. The summed E-state index contributed by atoms with van der Waals surface area (Å²) in [6.45, 7) is 3.39. The minimum absolute atomic E-state index is 0.00675. The van der Waals surface area contributed by atoms with Crippen molar-refractivity contribution in [2.45, 2.75) is 18.9 Å². The summed E-state index contributed by atoms with van der Waals surface area (Å²) in [7, 11) is 1.81. The fourth-order valence-corrected chi connectivity index (χ4v) is 4.45. The highest BCUT2D eigenvalue weighted by atomic mass is 35.5. The number of nitrogens with one attached hydrogen (secondary N) is 1. The molecule has 0 radical (unpaired) electrons. The van der Waals surface area contributed by atoms with Crippen LogP contribution >= 0.6 is 11.6 Å². The molecule has 2 aliphatic rings. The smallest absolute Gasteiger partial charge is 0.319 e. The van der Waals surface area contributed by atoms with Crippen LogP contribution < -0.4 is 14.8 Å². The van der Waals surface area contributed by atoms with Crippen molar-refractivity contribution in [2.24, 2.45) is 0 Å². The zero-order chi connectivity index (χ0) is 25.1. The van der Waals surface area contributed by atoms with Crippen LogP contribution in [0, 0.1) is 5.82 Å². The molecule has 3 aromatic rings. The molecule has 0 aliphatic carbocycles. The maximum Gasteiger partial charge on any atom is 0.319 e. The molecule has 2 aliphatic heterocycles. The molecular formula is C25H27ClFN5O4. The molecule has 2 aromatic carbocycles. The standard InChI is InChI=1S/C25H27ClFN5O4/c1-31-6-2-7-32(25(31)33)8-10-35-22-13-21-18(12-23(22)36-17-5-9-34-14-17)24(29-15-28-21)30-16-3-4-20(27)19(26)11-16/h3-4,11-13,15,17H,2,5-10,14H2,1H3,(H,28,29,30). The van der Waals surface area contributed by atoms with E-state index in [0.717, 1.165) is 19.4 Å². The normalized spacial score (nSPS) is 18.1. The highest BCUT2D eigenvalue weighted by Gasteiger charge is 2.24. The van der Waals surface area contributed by atoms with Crippen LogP contribution in [-0.2, 0) is 4.74 Å². The van der Waals surface area contributed by atoms with Gasteiger partial charge in [0.1, 0.15) is 30.7 Å². The summed E-state index contributed by atoms with van der Waals surface area (Å²) >= 11 is 5.94. The maximum absolute atomic E-state index is 13.6. The van der Waals surface area contributed by atoms with E-state index >= 15 is 0 Å². The summed E-state index contributed by atoms with van der Waals surface area (Å²) in [5.74, 6) is 1.09. The van der Waals surface area contributed by atoms with Gasteiger partial charge in [-0.2, -0.15) is 0 Å². The van der Waals surface area contributed by atoms with Crippen LogP contribution in [-0.4, -0.2) is 78.4 Å². The van der Waals surface area contributed by atoms with Crippen molar-refractivity contribution < 1.29 is 23.4 Å². The molecule has 11 heteroatoms. The number of rotatable bonds is 8. The Bertz CT molecular complexity index is 1260. The molecule has 2 amide bonds. The Morgan fingerprint density at radius 3 is 2.92 bits per heavy atom. The number of hydrogen-bond acceptors (Lipinski definition) is 7. The average molecular weight is 516 g/mol. The number of aromatic nitrogens is 2. The summed E-state index contributed by atoms with van der Waals surface area (Å²) < 4.78 is 31.4. The van der Waals surface area contributed by atoms with Crippen molar-refractivity contribution in [1.29, 1.82) is 0 Å². The van der Waals surface area contributed by atoms with Gasteiger partial charge in [-0.1, -0.05) is 11.6 Å². The highest BCUT2D eigenvalue weighted by Crippen LogP contribution is 2.36. The molecule has 0 bridgehead atoms. The largest absolute Gasteiger partial charge is 0.488 e. The third-order valence-corrected chi connectivity index (χ3v) is 6.49. The molecule has 5 rings (SSSR count). The van der Waals surface area contributed by atoms with Crippen molar-refractivity contribution in [1.82, 2.24) is 19.8 Å². The van der Waals surface area contributed by atoms with Crippen molar-refractivity contribution >= 4 is 40.0 Å². The number of anilines is 2. The van der Waals surface area contributed by atoms with Crippen LogP contribution in [0.1, 0.15) is 12.8 Å². The zero-order valence-electron chi connectivity index (χ0n) is 19.9. The first kappa shape index (κ1) is 24.3. The van der Waals surface area contributed by atoms with E-state index in [1.807, 2.05) is 6.07 Å². The first-order chi connectivity index (χ1) is 17.5. The molecule has 36 heavy (non-hydrogen) atoms. The van der Waals surface area contributed by atoms with Crippen molar-refractivity contribution in [3.63, 3.8) is 0 Å². The predicted molar refractivity (Wildman–Crippen MR) is 134 cm³/mol. The van der Waals surface area contributed by atoms with Crippen molar-refractivity contribution in [3.05, 3.63) is 47.5 Å². The number of amides is 2. The number of halogens is 2. The topological polar surface area (TPSA) is 89.1 Å². The molecule has 1 N–H and O–H groups in total. The van der Waals surface area contributed by atoms with Crippen molar-refractivity contribution in [3.8, 4) is 11.5 Å². The first-order valence-corrected chi connectivity index (χ1v) is 12.2. The van der Waals surface area contributed by atoms with Gasteiger partial charge >= 0.3 is 6.03 Å². The third kappa shape index (κ3) is 5.39. The minimum Gasteiger partial charge on any atom is -0.488 e. The van der Waals surface area contributed by atoms with E-state index in [4.69, 9.17) is 25.8 Å². The number of carbonyl (C=O) groups excluding carboxylic acids is 1. The van der Waals surface area contributed by atoms with Crippen LogP contribution in [0.4, 0.5) is 20.7 Å². The monoisotopic (exact) mass is 515 g/mol. The van der Waals surface area contributed by atoms with Gasteiger partial charge in [0.05, 0.1) is 30.3 Å². The van der Waals surface area contributed by atoms with Crippen LogP contribution in [0.2, 0.25) is 5.02 Å². The van der Waals surface area contributed by atoms with Gasteiger partial charge in [-0.25, -0.2) is 19.2 Å². The first-order valence-electron chi connectivity index (χ1n) is 11.9. The van der Waals surface area contributed by atoms with Crippen LogP contribution in [0.5, 0.6) is 11.5 Å². The number of nitrogens with zero attached hydrogens (tertiary/aromatic N) is 4. The summed E-state index contributed by atoms with van der Waals surface area (Å²) in [4.78, 5) is 24.6. The van der Waals surface area contributed by atoms with Crippen LogP contribution in [0.3, 0.4) is 0 Å².